The Morgan fingerprint density at radius 3 is 2.30 bits per heavy atom. The number of benzene rings is 1. The van der Waals surface area contributed by atoms with E-state index >= 15 is 0 Å². The summed E-state index contributed by atoms with van der Waals surface area (Å²) in [5.41, 5.74) is 1.68. The lowest BCUT2D eigenvalue weighted by Gasteiger charge is -2.14. The number of hydrogen-bond acceptors (Lipinski definition) is 4. The lowest BCUT2D eigenvalue weighted by Crippen LogP contribution is -2.39. The van der Waals surface area contributed by atoms with E-state index in [1.807, 2.05) is 19.1 Å². The van der Waals surface area contributed by atoms with Crippen LogP contribution in [0.3, 0.4) is 0 Å². The van der Waals surface area contributed by atoms with Crippen molar-refractivity contribution in [3.05, 3.63) is 42.5 Å². The summed E-state index contributed by atoms with van der Waals surface area (Å²) in [6.45, 7) is 4.86. The van der Waals surface area contributed by atoms with Gasteiger partial charge < -0.3 is 5.32 Å². The Bertz CT molecular complexity index is 666. The van der Waals surface area contributed by atoms with E-state index in [0.717, 1.165) is 16.9 Å². The van der Waals surface area contributed by atoms with Gasteiger partial charge in [0.25, 0.3) is 0 Å². The molecule has 0 spiro atoms. The van der Waals surface area contributed by atoms with Crippen LogP contribution in [-0.4, -0.2) is 46.6 Å². The molecule has 1 aliphatic heterocycles. The highest BCUT2D eigenvalue weighted by molar-refractivity contribution is 6.45. The Balaban J connectivity index is 2.01. The van der Waals surface area contributed by atoms with Crippen LogP contribution in [0.2, 0.25) is 0 Å². The van der Waals surface area contributed by atoms with E-state index in [1.54, 1.807) is 12.1 Å². The maximum absolute atomic E-state index is 12.0. The molecule has 1 fully saturated rings. The fourth-order valence-electron chi connectivity index (χ4n) is 2.15. The van der Waals surface area contributed by atoms with Gasteiger partial charge in [-0.3, -0.25) is 19.3 Å². The van der Waals surface area contributed by atoms with Gasteiger partial charge in [0.05, 0.1) is 0 Å². The van der Waals surface area contributed by atoms with Gasteiger partial charge in [0.15, 0.2) is 0 Å². The van der Waals surface area contributed by atoms with Crippen LogP contribution in [0.5, 0.6) is 0 Å². The molecule has 1 saturated heterocycles. The molecule has 1 N–H and O–H groups in total. The molecule has 0 bridgehead atoms. The molecule has 5 amide bonds. The average Bonchev–Trinajstić information content (AvgIpc) is 2.74. The first kappa shape index (κ1) is 16.4. The molecule has 7 heteroatoms. The first-order valence-electron chi connectivity index (χ1n) is 7.15. The molecule has 0 radical (unpaired) electrons. The van der Waals surface area contributed by atoms with E-state index in [9.17, 15) is 19.2 Å². The molecule has 1 aromatic rings. The van der Waals surface area contributed by atoms with E-state index in [4.69, 9.17) is 0 Å². The van der Waals surface area contributed by atoms with Crippen molar-refractivity contribution < 1.29 is 19.2 Å². The highest BCUT2D eigenvalue weighted by Crippen LogP contribution is 2.13. The molecular weight excluding hydrogens is 298 g/mol. The van der Waals surface area contributed by atoms with Crippen LogP contribution in [0.4, 0.5) is 10.5 Å². The SMILES string of the molecule is C=CCN1C(=O)C(=O)N(CC(=O)Nc2ccc(CC)cc2)C1=O. The summed E-state index contributed by atoms with van der Waals surface area (Å²) in [5, 5.41) is 2.59. The summed E-state index contributed by atoms with van der Waals surface area (Å²) >= 11 is 0. The van der Waals surface area contributed by atoms with E-state index in [2.05, 4.69) is 11.9 Å². The van der Waals surface area contributed by atoms with Crippen LogP contribution in [0.15, 0.2) is 36.9 Å². The van der Waals surface area contributed by atoms with Crippen molar-refractivity contribution in [2.24, 2.45) is 0 Å². The summed E-state index contributed by atoms with van der Waals surface area (Å²) in [7, 11) is 0. The fourth-order valence-corrected chi connectivity index (χ4v) is 2.15. The number of rotatable bonds is 6. The van der Waals surface area contributed by atoms with Crippen molar-refractivity contribution >= 4 is 29.4 Å². The molecule has 120 valence electrons. The van der Waals surface area contributed by atoms with Crippen molar-refractivity contribution in [3.8, 4) is 0 Å². The second-order valence-corrected chi connectivity index (χ2v) is 4.98. The van der Waals surface area contributed by atoms with Crippen molar-refractivity contribution in [3.63, 3.8) is 0 Å². The van der Waals surface area contributed by atoms with Crippen LogP contribution in [0.25, 0.3) is 0 Å². The van der Waals surface area contributed by atoms with Gasteiger partial charge in [-0.05, 0) is 24.1 Å². The van der Waals surface area contributed by atoms with Gasteiger partial charge in [-0.2, -0.15) is 0 Å². The van der Waals surface area contributed by atoms with Crippen LogP contribution in [0, 0.1) is 0 Å². The second kappa shape index (κ2) is 6.87. The Morgan fingerprint density at radius 2 is 1.74 bits per heavy atom. The molecule has 0 aromatic heterocycles. The number of amides is 5. The molecule has 0 unspecified atom stereocenters. The number of hydrogen-bond donors (Lipinski definition) is 1. The summed E-state index contributed by atoms with van der Waals surface area (Å²) in [5.74, 6) is -2.51. The van der Waals surface area contributed by atoms with Gasteiger partial charge in [0.1, 0.15) is 6.54 Å². The lowest BCUT2D eigenvalue weighted by atomic mass is 10.1. The zero-order valence-electron chi connectivity index (χ0n) is 12.7. The van der Waals surface area contributed by atoms with Gasteiger partial charge in [-0.25, -0.2) is 9.69 Å². The van der Waals surface area contributed by atoms with Crippen LogP contribution in [0.1, 0.15) is 12.5 Å². The summed E-state index contributed by atoms with van der Waals surface area (Å²) in [6, 6.07) is 6.41. The zero-order chi connectivity index (χ0) is 17.0. The third-order valence-electron chi connectivity index (χ3n) is 3.39. The normalized spacial score (nSPS) is 14.4. The lowest BCUT2D eigenvalue weighted by molar-refractivity contribution is -0.143. The van der Waals surface area contributed by atoms with Crippen molar-refractivity contribution in [2.45, 2.75) is 13.3 Å². The van der Waals surface area contributed by atoms with Gasteiger partial charge in [0, 0.05) is 12.2 Å². The molecule has 0 atom stereocenters. The molecule has 2 rings (SSSR count). The maximum Gasteiger partial charge on any atom is 0.335 e. The van der Waals surface area contributed by atoms with E-state index in [-0.39, 0.29) is 6.54 Å². The molecule has 1 heterocycles. The van der Waals surface area contributed by atoms with Gasteiger partial charge in [-0.15, -0.1) is 6.58 Å². The number of imide groups is 2. The molecule has 1 aliphatic rings. The van der Waals surface area contributed by atoms with Crippen LogP contribution >= 0.6 is 0 Å². The van der Waals surface area contributed by atoms with Gasteiger partial charge in [0.2, 0.25) is 5.91 Å². The maximum atomic E-state index is 12.0. The third-order valence-corrected chi connectivity index (χ3v) is 3.39. The number of carbonyl (C=O) groups is 4. The Hall–Kier alpha value is -2.96. The zero-order valence-corrected chi connectivity index (χ0v) is 12.7. The van der Waals surface area contributed by atoms with Gasteiger partial charge in [-0.1, -0.05) is 25.1 Å². The van der Waals surface area contributed by atoms with Gasteiger partial charge >= 0.3 is 17.8 Å². The number of carbonyl (C=O) groups excluding carboxylic acids is 4. The number of nitrogens with one attached hydrogen (secondary N) is 1. The molecule has 0 aliphatic carbocycles. The summed E-state index contributed by atoms with van der Waals surface area (Å²) in [4.78, 5) is 48.8. The van der Waals surface area contributed by atoms with Crippen LogP contribution in [-0.2, 0) is 20.8 Å². The minimum absolute atomic E-state index is 0.0694. The van der Waals surface area contributed by atoms with E-state index in [1.165, 1.54) is 6.08 Å². The van der Waals surface area contributed by atoms with E-state index in [0.29, 0.717) is 10.6 Å². The highest BCUT2D eigenvalue weighted by atomic mass is 16.2. The Kier molecular flexibility index (Phi) is 4.90. The predicted octanol–water partition coefficient (Wildman–Crippen LogP) is 1.16. The topological polar surface area (TPSA) is 86.8 Å². The molecule has 0 saturated carbocycles. The number of anilines is 1. The average molecular weight is 315 g/mol. The van der Waals surface area contributed by atoms with E-state index < -0.39 is 30.3 Å². The third kappa shape index (κ3) is 3.45. The minimum atomic E-state index is -1.01. The summed E-state index contributed by atoms with van der Waals surface area (Å²) in [6.07, 6.45) is 2.22. The quantitative estimate of drug-likeness (QED) is 0.485. The number of aryl methyl sites for hydroxylation is 1. The van der Waals surface area contributed by atoms with Crippen LogP contribution < -0.4 is 5.32 Å². The Labute approximate surface area is 133 Å². The first-order chi connectivity index (χ1) is 11.0. The highest BCUT2D eigenvalue weighted by Gasteiger charge is 2.44. The molecule has 7 nitrogen and oxygen atoms in total. The first-order valence-corrected chi connectivity index (χ1v) is 7.15. The molecule has 23 heavy (non-hydrogen) atoms. The molecular formula is C16H17N3O4. The number of urea groups is 1. The Morgan fingerprint density at radius 1 is 1.13 bits per heavy atom. The second-order valence-electron chi connectivity index (χ2n) is 4.98. The number of nitrogens with zero attached hydrogens (tertiary/aromatic N) is 2. The molecule has 1 aromatic carbocycles. The predicted molar refractivity (Wildman–Crippen MR) is 83.5 cm³/mol. The summed E-state index contributed by atoms with van der Waals surface area (Å²) < 4.78 is 0. The smallest absolute Gasteiger partial charge is 0.325 e. The van der Waals surface area contributed by atoms with Crippen molar-refractivity contribution in [1.29, 1.82) is 0 Å². The van der Waals surface area contributed by atoms with Crippen molar-refractivity contribution in [2.75, 3.05) is 18.4 Å². The monoisotopic (exact) mass is 315 g/mol. The standard InChI is InChI=1S/C16H17N3O4/c1-3-9-18-14(21)15(22)19(16(18)23)10-13(20)17-12-7-5-11(4-2)6-8-12/h3,5-8H,1,4,9-10H2,2H3,(H,17,20). The minimum Gasteiger partial charge on any atom is -0.325 e. The fraction of sp³-hybridized carbons (Fsp3) is 0.250. The van der Waals surface area contributed by atoms with Crippen molar-refractivity contribution in [1.82, 2.24) is 9.80 Å². The largest absolute Gasteiger partial charge is 0.335 e.